The molecule has 0 saturated heterocycles. The number of carbonyl (C=O) groups is 2. The Kier molecular flexibility index (Phi) is 4.19. The number of Topliss-reactive ketones (excluding diaryl/α,β-unsaturated/α-hetero) is 1. The predicted octanol–water partition coefficient (Wildman–Crippen LogP) is 1.54. The second-order valence-electron chi connectivity index (χ2n) is 5.28. The molecule has 3 rings (SSSR count). The third kappa shape index (κ3) is 3.37. The molecule has 0 saturated carbocycles. The molecule has 1 aliphatic rings. The molecule has 0 fully saturated rings. The molecule has 0 unspecified atom stereocenters. The van der Waals surface area contributed by atoms with Crippen molar-refractivity contribution in [3.8, 4) is 0 Å². The first-order chi connectivity index (χ1) is 11.5. The van der Waals surface area contributed by atoms with Crippen molar-refractivity contribution in [3.63, 3.8) is 0 Å². The lowest BCUT2D eigenvalue weighted by atomic mass is 10.00. The number of aliphatic carboxylic acids is 1. The Bertz CT molecular complexity index is 847. The zero-order valence-corrected chi connectivity index (χ0v) is 12.7. The van der Waals surface area contributed by atoms with Gasteiger partial charge in [-0.2, -0.15) is 4.98 Å². The molecule has 0 atom stereocenters. The van der Waals surface area contributed by atoms with Gasteiger partial charge in [-0.05, 0) is 23.8 Å². The maximum atomic E-state index is 12.2. The van der Waals surface area contributed by atoms with Crippen LogP contribution < -0.4 is 11.1 Å². The molecule has 1 aromatic carbocycles. The number of anilines is 3. The van der Waals surface area contributed by atoms with E-state index >= 15 is 0 Å². The lowest BCUT2D eigenvalue weighted by molar-refractivity contribution is -0.138. The van der Waals surface area contributed by atoms with Gasteiger partial charge >= 0.3 is 5.97 Å². The molecule has 0 amide bonds. The van der Waals surface area contributed by atoms with Gasteiger partial charge in [-0.15, -0.1) is 0 Å². The van der Waals surface area contributed by atoms with Crippen molar-refractivity contribution in [1.82, 2.24) is 9.97 Å². The van der Waals surface area contributed by atoms with Gasteiger partial charge in [-0.25, -0.2) is 4.98 Å². The summed E-state index contributed by atoms with van der Waals surface area (Å²) in [5.41, 5.74) is 8.26. The molecule has 1 aromatic heterocycles. The predicted molar refractivity (Wildman–Crippen MR) is 88.3 cm³/mol. The van der Waals surface area contributed by atoms with Gasteiger partial charge in [0.25, 0.3) is 0 Å². The van der Waals surface area contributed by atoms with E-state index in [0.29, 0.717) is 18.1 Å². The number of nitrogens with two attached hydrogens (primary N) is 1. The molecule has 0 spiro atoms. The summed E-state index contributed by atoms with van der Waals surface area (Å²) in [5, 5.41) is 11.8. The van der Waals surface area contributed by atoms with Crippen LogP contribution in [0.15, 0.2) is 35.5 Å². The number of fused-ring (bicyclic) bond motifs is 1. The SMILES string of the molecule is Nc1nccc(Nc2ccc3c(c2)C(C(=O)CCC(=O)O)=NC3)n1. The maximum absolute atomic E-state index is 12.2. The first-order valence-electron chi connectivity index (χ1n) is 7.31. The molecule has 24 heavy (non-hydrogen) atoms. The molecular weight excluding hydrogens is 310 g/mol. The standard InChI is InChI=1S/C16H15N5O3/c17-16-18-6-5-13(21-16)20-10-2-1-9-8-19-15(11(9)7-10)12(22)3-4-14(23)24/h1-2,5-7H,3-4,8H2,(H,23,24)(H3,17,18,20,21). The summed E-state index contributed by atoms with van der Waals surface area (Å²) in [6, 6.07) is 7.22. The zero-order valence-electron chi connectivity index (χ0n) is 12.7. The van der Waals surface area contributed by atoms with Crippen LogP contribution >= 0.6 is 0 Å². The van der Waals surface area contributed by atoms with E-state index in [1.54, 1.807) is 18.3 Å². The number of carbonyl (C=O) groups excluding carboxylic acids is 1. The Morgan fingerprint density at radius 1 is 1.25 bits per heavy atom. The third-order valence-electron chi connectivity index (χ3n) is 3.55. The van der Waals surface area contributed by atoms with E-state index < -0.39 is 5.97 Å². The van der Waals surface area contributed by atoms with E-state index in [-0.39, 0.29) is 24.6 Å². The van der Waals surface area contributed by atoms with Gasteiger partial charge in [0.05, 0.1) is 13.0 Å². The summed E-state index contributed by atoms with van der Waals surface area (Å²) in [4.78, 5) is 34.9. The quantitative estimate of drug-likeness (QED) is 0.734. The van der Waals surface area contributed by atoms with Gasteiger partial charge in [-0.1, -0.05) is 6.07 Å². The Hall–Kier alpha value is -3.29. The molecule has 0 bridgehead atoms. The smallest absolute Gasteiger partial charge is 0.303 e. The molecule has 122 valence electrons. The van der Waals surface area contributed by atoms with Gasteiger partial charge in [-0.3, -0.25) is 14.6 Å². The minimum atomic E-state index is -1.00. The van der Waals surface area contributed by atoms with Crippen LogP contribution in [0.1, 0.15) is 24.0 Å². The van der Waals surface area contributed by atoms with E-state index in [0.717, 1.165) is 16.8 Å². The van der Waals surface area contributed by atoms with E-state index in [1.165, 1.54) is 0 Å². The van der Waals surface area contributed by atoms with E-state index in [2.05, 4.69) is 20.3 Å². The Morgan fingerprint density at radius 2 is 2.08 bits per heavy atom. The first-order valence-corrected chi connectivity index (χ1v) is 7.31. The maximum Gasteiger partial charge on any atom is 0.303 e. The molecule has 8 nitrogen and oxygen atoms in total. The van der Waals surface area contributed by atoms with Gasteiger partial charge in [0.2, 0.25) is 5.95 Å². The van der Waals surface area contributed by atoms with Crippen LogP contribution in [-0.4, -0.2) is 32.5 Å². The molecule has 2 heterocycles. The van der Waals surface area contributed by atoms with Crippen molar-refractivity contribution < 1.29 is 14.7 Å². The number of ketones is 1. The lowest BCUT2D eigenvalue weighted by Crippen LogP contribution is -2.15. The van der Waals surface area contributed by atoms with Crippen molar-refractivity contribution in [2.24, 2.45) is 4.99 Å². The lowest BCUT2D eigenvalue weighted by Gasteiger charge is -2.09. The van der Waals surface area contributed by atoms with Crippen LogP contribution in [0.5, 0.6) is 0 Å². The summed E-state index contributed by atoms with van der Waals surface area (Å²) >= 11 is 0. The second-order valence-corrected chi connectivity index (χ2v) is 5.28. The highest BCUT2D eigenvalue weighted by Crippen LogP contribution is 2.25. The number of carboxylic acids is 1. The molecular formula is C16H15N5O3. The molecule has 8 heteroatoms. The van der Waals surface area contributed by atoms with E-state index in [4.69, 9.17) is 10.8 Å². The first kappa shape index (κ1) is 15.6. The molecule has 2 aromatic rings. The molecule has 0 aliphatic carbocycles. The highest BCUT2D eigenvalue weighted by molar-refractivity contribution is 6.47. The zero-order chi connectivity index (χ0) is 17.1. The summed E-state index contributed by atoms with van der Waals surface area (Å²) in [7, 11) is 0. The van der Waals surface area contributed by atoms with Crippen molar-refractivity contribution in [2.75, 3.05) is 11.1 Å². The van der Waals surface area contributed by atoms with Crippen molar-refractivity contribution in [3.05, 3.63) is 41.6 Å². The van der Waals surface area contributed by atoms with Gasteiger partial charge in [0.1, 0.15) is 11.5 Å². The van der Waals surface area contributed by atoms with Gasteiger partial charge < -0.3 is 16.2 Å². The molecule has 1 aliphatic heterocycles. The second kappa shape index (κ2) is 6.45. The fourth-order valence-electron chi connectivity index (χ4n) is 2.43. The topological polar surface area (TPSA) is 131 Å². The number of nitrogens with zero attached hydrogens (tertiary/aromatic N) is 3. The number of nitrogens with one attached hydrogen (secondary N) is 1. The van der Waals surface area contributed by atoms with Gasteiger partial charge in [0.15, 0.2) is 5.78 Å². The highest BCUT2D eigenvalue weighted by atomic mass is 16.4. The Morgan fingerprint density at radius 3 is 2.83 bits per heavy atom. The normalized spacial score (nSPS) is 12.4. The number of carboxylic acid groups (broad SMARTS) is 1. The van der Waals surface area contributed by atoms with Gasteiger partial charge in [0, 0.05) is 23.9 Å². The average Bonchev–Trinajstić information content (AvgIpc) is 2.96. The molecule has 4 N–H and O–H groups in total. The summed E-state index contributed by atoms with van der Waals surface area (Å²) < 4.78 is 0. The van der Waals surface area contributed by atoms with E-state index in [1.807, 2.05) is 12.1 Å². The summed E-state index contributed by atoms with van der Waals surface area (Å²) in [6.45, 7) is 0.421. The fourth-order valence-corrected chi connectivity index (χ4v) is 2.43. The van der Waals surface area contributed by atoms with Crippen LogP contribution in [0, 0.1) is 0 Å². The van der Waals surface area contributed by atoms with Crippen molar-refractivity contribution in [2.45, 2.75) is 19.4 Å². The number of benzene rings is 1. The largest absolute Gasteiger partial charge is 0.481 e. The molecule has 0 radical (unpaired) electrons. The van der Waals surface area contributed by atoms with Crippen LogP contribution in [0.3, 0.4) is 0 Å². The summed E-state index contributed by atoms with van der Waals surface area (Å²) in [5.74, 6) is -0.568. The summed E-state index contributed by atoms with van der Waals surface area (Å²) in [6.07, 6.45) is 1.28. The number of hydrogen-bond donors (Lipinski definition) is 3. The minimum absolute atomic E-state index is 0.0618. The van der Waals surface area contributed by atoms with E-state index in [9.17, 15) is 9.59 Å². The van der Waals surface area contributed by atoms with Crippen LogP contribution in [0.25, 0.3) is 0 Å². The Labute approximate surface area is 137 Å². The van der Waals surface area contributed by atoms with Crippen molar-refractivity contribution in [1.29, 1.82) is 0 Å². The monoisotopic (exact) mass is 325 g/mol. The number of rotatable bonds is 6. The highest BCUT2D eigenvalue weighted by Gasteiger charge is 2.22. The fraction of sp³-hybridized carbons (Fsp3) is 0.188. The minimum Gasteiger partial charge on any atom is -0.481 e. The number of aliphatic imine (C=N–C) groups is 1. The Balaban J connectivity index is 1.80. The van der Waals surface area contributed by atoms with Crippen molar-refractivity contribution >= 4 is 34.9 Å². The number of hydrogen-bond acceptors (Lipinski definition) is 7. The average molecular weight is 325 g/mol. The van der Waals surface area contributed by atoms with Crippen LogP contribution in [0.4, 0.5) is 17.5 Å². The van der Waals surface area contributed by atoms with Crippen LogP contribution in [0.2, 0.25) is 0 Å². The third-order valence-corrected chi connectivity index (χ3v) is 3.55. The van der Waals surface area contributed by atoms with Crippen LogP contribution in [-0.2, 0) is 16.1 Å². The number of aromatic nitrogens is 2. The number of nitrogen functional groups attached to an aromatic ring is 1.